The first kappa shape index (κ1) is 27.6. The fourth-order valence-corrected chi connectivity index (χ4v) is 8.14. The number of likely N-dealkylation sites (tertiary alicyclic amines) is 1. The van der Waals surface area contributed by atoms with E-state index < -0.39 is 17.2 Å². The summed E-state index contributed by atoms with van der Waals surface area (Å²) in [6, 6.07) is 3.28. The summed E-state index contributed by atoms with van der Waals surface area (Å²) in [5, 5.41) is 16.5. The van der Waals surface area contributed by atoms with Gasteiger partial charge in [0.15, 0.2) is 0 Å². The maximum atomic E-state index is 15.5. The number of fused-ring (bicyclic) bond motifs is 5. The fourth-order valence-electron chi connectivity index (χ4n) is 8.14. The second kappa shape index (κ2) is 10.1. The summed E-state index contributed by atoms with van der Waals surface area (Å²) < 4.78 is 36.6. The molecule has 4 saturated heterocycles. The molecule has 8 rings (SSSR count). The Morgan fingerprint density at radius 2 is 1.93 bits per heavy atom. The predicted octanol–water partition coefficient (Wildman–Crippen LogP) is 3.68. The van der Waals surface area contributed by atoms with E-state index in [1.807, 2.05) is 0 Å². The molecule has 8 nitrogen and oxygen atoms in total. The number of rotatable bonds is 5. The van der Waals surface area contributed by atoms with Gasteiger partial charge in [-0.05, 0) is 50.8 Å². The van der Waals surface area contributed by atoms with Crippen LogP contribution in [0.3, 0.4) is 0 Å². The lowest BCUT2D eigenvalue weighted by atomic mass is 9.79. The highest BCUT2D eigenvalue weighted by atomic mass is 19.1. The van der Waals surface area contributed by atoms with E-state index in [2.05, 4.69) is 42.6 Å². The number of ether oxygens (including phenoxy) is 1. The zero-order valence-corrected chi connectivity index (χ0v) is 24.5. The van der Waals surface area contributed by atoms with Crippen molar-refractivity contribution < 1.29 is 18.6 Å². The van der Waals surface area contributed by atoms with Gasteiger partial charge in [-0.25, -0.2) is 13.8 Å². The molecule has 4 fully saturated rings. The van der Waals surface area contributed by atoms with Crippen molar-refractivity contribution >= 4 is 16.6 Å². The summed E-state index contributed by atoms with van der Waals surface area (Å²) in [6.45, 7) is 7.90. The van der Waals surface area contributed by atoms with Gasteiger partial charge in [0.1, 0.15) is 23.8 Å². The average molecular weight is 597 g/mol. The first-order valence-electron chi connectivity index (χ1n) is 15.4. The number of aliphatic hydroxyl groups is 1. The summed E-state index contributed by atoms with van der Waals surface area (Å²) in [5.74, 6) is 0.915. The van der Waals surface area contributed by atoms with Gasteiger partial charge in [-0.15, -0.1) is 6.42 Å². The molecule has 6 heterocycles. The molecule has 2 unspecified atom stereocenters. The van der Waals surface area contributed by atoms with Crippen LogP contribution in [0.5, 0.6) is 6.01 Å². The maximum Gasteiger partial charge on any atom is 0.316 e. The molecular weight excluding hydrogens is 562 g/mol. The number of terminal acetylenes is 1. The first-order valence-corrected chi connectivity index (χ1v) is 15.4. The summed E-state index contributed by atoms with van der Waals surface area (Å²) in [5.41, 5.74) is 1.38. The Hall–Kier alpha value is -3.91. The van der Waals surface area contributed by atoms with Gasteiger partial charge in [0.05, 0.1) is 22.3 Å². The number of aromatic nitrogens is 3. The van der Waals surface area contributed by atoms with Crippen molar-refractivity contribution in [1.82, 2.24) is 30.1 Å². The van der Waals surface area contributed by atoms with Gasteiger partial charge in [0, 0.05) is 78.8 Å². The second-order valence-electron chi connectivity index (χ2n) is 13.1. The average Bonchev–Trinajstić information content (AvgIpc) is 3.66. The number of nitrogens with zero attached hydrogens (tertiary/aromatic N) is 5. The first-order chi connectivity index (χ1) is 21.2. The van der Waals surface area contributed by atoms with Crippen LogP contribution in [0.2, 0.25) is 0 Å². The Balaban J connectivity index is 1.16. The molecule has 0 radical (unpaired) electrons. The zero-order valence-electron chi connectivity index (χ0n) is 24.5. The molecule has 44 heavy (non-hydrogen) atoms. The quantitative estimate of drug-likeness (QED) is 0.341. The van der Waals surface area contributed by atoms with Gasteiger partial charge < -0.3 is 20.1 Å². The normalized spacial score (nSPS) is 29.5. The third-order valence-electron chi connectivity index (χ3n) is 10.2. The number of pyridine rings is 1. The Kier molecular flexibility index (Phi) is 6.32. The van der Waals surface area contributed by atoms with E-state index in [1.54, 1.807) is 24.5 Å². The van der Waals surface area contributed by atoms with E-state index in [-0.39, 0.29) is 41.2 Å². The lowest BCUT2D eigenvalue weighted by molar-refractivity contribution is 0.0808. The zero-order chi connectivity index (χ0) is 30.2. The largest absolute Gasteiger partial charge is 0.461 e. The molecule has 2 aromatic heterocycles. The Morgan fingerprint density at radius 3 is 2.73 bits per heavy atom. The molecule has 2 N–H and O–H groups in total. The molecule has 5 aliphatic rings. The molecule has 4 aliphatic heterocycles. The molecule has 1 aliphatic carbocycles. The van der Waals surface area contributed by atoms with Crippen molar-refractivity contribution in [2.24, 2.45) is 0 Å². The van der Waals surface area contributed by atoms with Crippen LogP contribution in [0.15, 0.2) is 42.8 Å². The second-order valence-corrected chi connectivity index (χ2v) is 13.1. The van der Waals surface area contributed by atoms with E-state index in [0.717, 1.165) is 51.3 Å². The standard InChI is InChI=1S/C34H34F2N6O2/c1-3-24-26(35)9-27(36)25-12-34(43,13-29(31(24)25)41-17-22-5-6-23(18-41)39-22)30-10-28-21(14-37-30)15-38-32(40-28)44-19-33-7-4-8-42(33)16-20(2)11-33/h1,9-10,13-15,22-23,39,43H,2,4-8,11-12,16-19H2/t22-,23+,33?,34?. The summed E-state index contributed by atoms with van der Waals surface area (Å²) in [4.78, 5) is 18.2. The van der Waals surface area contributed by atoms with Gasteiger partial charge in [-0.3, -0.25) is 9.88 Å². The number of piperazine rings is 1. The van der Waals surface area contributed by atoms with Crippen LogP contribution in [0.1, 0.15) is 54.5 Å². The molecular formula is C34H34F2N6O2. The van der Waals surface area contributed by atoms with Gasteiger partial charge in [-0.2, -0.15) is 4.98 Å². The number of hydrogen-bond donors (Lipinski definition) is 2. The van der Waals surface area contributed by atoms with Crippen LogP contribution in [-0.4, -0.2) is 80.3 Å². The van der Waals surface area contributed by atoms with Crippen molar-refractivity contribution in [2.75, 3.05) is 32.8 Å². The van der Waals surface area contributed by atoms with Crippen LogP contribution < -0.4 is 10.1 Å². The molecule has 4 atom stereocenters. The number of hydrogen-bond acceptors (Lipinski definition) is 8. The molecule has 226 valence electrons. The number of nitrogens with one attached hydrogen (secondary N) is 1. The number of halogens is 2. The molecule has 2 bridgehead atoms. The van der Waals surface area contributed by atoms with Crippen LogP contribution in [0.4, 0.5) is 8.78 Å². The van der Waals surface area contributed by atoms with E-state index in [9.17, 15) is 9.50 Å². The topological polar surface area (TPSA) is 86.6 Å². The molecule has 3 aromatic rings. The fraction of sp³-hybridized carbons (Fsp3) is 0.441. The SMILES string of the molecule is C#Cc1c(F)cc(F)c2c1C(N1C[C@H]3CC[C@@H](C1)N3)=CC(O)(c1cc3nc(OCC45CCCN4CC(=C)C5)ncc3cn1)C2. The minimum atomic E-state index is -1.69. The lowest BCUT2D eigenvalue weighted by Crippen LogP contribution is -2.51. The molecule has 0 saturated carbocycles. The third kappa shape index (κ3) is 4.40. The van der Waals surface area contributed by atoms with Crippen LogP contribution in [0, 0.1) is 24.0 Å². The van der Waals surface area contributed by atoms with Gasteiger partial charge in [-0.1, -0.05) is 18.1 Å². The highest BCUT2D eigenvalue weighted by Gasteiger charge is 2.47. The van der Waals surface area contributed by atoms with Gasteiger partial charge >= 0.3 is 6.01 Å². The van der Waals surface area contributed by atoms with Crippen molar-refractivity contribution in [3.63, 3.8) is 0 Å². The van der Waals surface area contributed by atoms with Crippen LogP contribution in [-0.2, 0) is 12.0 Å². The highest BCUT2D eigenvalue weighted by Crippen LogP contribution is 2.44. The molecule has 0 spiro atoms. The Bertz CT molecular complexity index is 1780. The van der Waals surface area contributed by atoms with E-state index >= 15 is 4.39 Å². The highest BCUT2D eigenvalue weighted by molar-refractivity contribution is 5.79. The lowest BCUT2D eigenvalue weighted by Gasteiger charge is -2.41. The van der Waals surface area contributed by atoms with E-state index in [1.165, 1.54) is 5.57 Å². The maximum absolute atomic E-state index is 15.5. The minimum absolute atomic E-state index is 0.00714. The van der Waals surface area contributed by atoms with Gasteiger partial charge in [0.25, 0.3) is 0 Å². The van der Waals surface area contributed by atoms with Crippen molar-refractivity contribution in [1.29, 1.82) is 0 Å². The summed E-state index contributed by atoms with van der Waals surface area (Å²) in [7, 11) is 0. The Labute approximate surface area is 254 Å². The van der Waals surface area contributed by atoms with Crippen LogP contribution >= 0.6 is 0 Å². The summed E-state index contributed by atoms with van der Waals surface area (Å²) >= 11 is 0. The van der Waals surface area contributed by atoms with Crippen molar-refractivity contribution in [3.8, 4) is 18.4 Å². The van der Waals surface area contributed by atoms with Gasteiger partial charge in [0.2, 0.25) is 0 Å². The molecule has 0 amide bonds. The van der Waals surface area contributed by atoms with Crippen molar-refractivity contribution in [2.45, 2.75) is 61.7 Å². The molecule has 1 aromatic carbocycles. The Morgan fingerprint density at radius 1 is 1.14 bits per heavy atom. The smallest absolute Gasteiger partial charge is 0.316 e. The third-order valence-corrected chi connectivity index (χ3v) is 10.2. The van der Waals surface area contributed by atoms with Crippen LogP contribution in [0.25, 0.3) is 16.6 Å². The van der Waals surface area contributed by atoms with Crippen molar-refractivity contribution in [3.05, 3.63) is 76.8 Å². The summed E-state index contributed by atoms with van der Waals surface area (Å²) in [6.07, 6.45) is 15.7. The molecule has 10 heteroatoms. The minimum Gasteiger partial charge on any atom is -0.461 e. The monoisotopic (exact) mass is 596 g/mol. The van der Waals surface area contributed by atoms with E-state index in [0.29, 0.717) is 47.6 Å². The van der Waals surface area contributed by atoms with E-state index in [4.69, 9.17) is 11.2 Å². The predicted molar refractivity (Wildman–Crippen MR) is 162 cm³/mol. The number of benzene rings is 1.